The van der Waals surface area contributed by atoms with Crippen molar-refractivity contribution in [1.82, 2.24) is 29.4 Å². The highest BCUT2D eigenvalue weighted by atomic mass is 19.1. The zero-order valence-corrected chi connectivity index (χ0v) is 11.4. The first kappa shape index (κ1) is 12.0. The molecule has 3 aromatic heterocycles. The third-order valence-corrected chi connectivity index (χ3v) is 3.63. The van der Waals surface area contributed by atoms with Gasteiger partial charge in [-0.15, -0.1) is 5.10 Å². The second kappa shape index (κ2) is 4.08. The van der Waals surface area contributed by atoms with Crippen molar-refractivity contribution < 1.29 is 4.39 Å². The van der Waals surface area contributed by atoms with Crippen LogP contribution in [0.1, 0.15) is 5.69 Å². The van der Waals surface area contributed by atoms with Crippen LogP contribution in [0.4, 0.5) is 4.39 Å². The molecule has 0 aliphatic heterocycles. The fourth-order valence-electron chi connectivity index (χ4n) is 2.36. The Morgan fingerprint density at radius 2 is 2.10 bits per heavy atom. The topological polar surface area (TPSA) is 60.9 Å². The Kier molecular flexibility index (Phi) is 2.32. The van der Waals surface area contributed by atoms with E-state index >= 15 is 0 Å². The van der Waals surface area contributed by atoms with Crippen molar-refractivity contribution in [3.8, 4) is 11.4 Å². The minimum absolute atomic E-state index is 0.298. The summed E-state index contributed by atoms with van der Waals surface area (Å²) < 4.78 is 17.1. The molecule has 0 bridgehead atoms. The van der Waals surface area contributed by atoms with E-state index in [0.29, 0.717) is 22.4 Å². The summed E-state index contributed by atoms with van der Waals surface area (Å²) >= 11 is 0. The second-order valence-corrected chi connectivity index (χ2v) is 4.85. The largest absolute Gasteiger partial charge is 0.272 e. The summed E-state index contributed by atoms with van der Waals surface area (Å²) in [6.07, 6.45) is 3.20. The number of nitrogens with zero attached hydrogens (tertiary/aromatic N) is 6. The number of halogens is 1. The van der Waals surface area contributed by atoms with Gasteiger partial charge in [0.05, 0.1) is 11.8 Å². The Bertz CT molecular complexity index is 984. The number of fused-ring (bicyclic) bond motifs is 3. The molecule has 0 amide bonds. The minimum Gasteiger partial charge on any atom is -0.272 e. The maximum atomic E-state index is 13.8. The van der Waals surface area contributed by atoms with Crippen molar-refractivity contribution >= 4 is 16.6 Å². The summed E-state index contributed by atoms with van der Waals surface area (Å²) in [5.41, 5.74) is 2.70. The lowest BCUT2D eigenvalue weighted by atomic mass is 10.2. The highest BCUT2D eigenvalue weighted by Crippen LogP contribution is 2.23. The third kappa shape index (κ3) is 1.63. The molecule has 0 aliphatic carbocycles. The second-order valence-electron chi connectivity index (χ2n) is 4.85. The van der Waals surface area contributed by atoms with Crippen LogP contribution >= 0.6 is 0 Å². The predicted octanol–water partition coefficient (Wildman–Crippen LogP) is 2.13. The van der Waals surface area contributed by atoms with Crippen LogP contribution in [0.5, 0.6) is 0 Å². The minimum atomic E-state index is -0.364. The smallest absolute Gasteiger partial charge is 0.185 e. The van der Waals surface area contributed by atoms with Gasteiger partial charge >= 0.3 is 0 Å². The first-order valence-electron chi connectivity index (χ1n) is 6.44. The van der Waals surface area contributed by atoms with E-state index in [1.807, 2.05) is 14.0 Å². The Hall–Kier alpha value is -2.83. The van der Waals surface area contributed by atoms with Gasteiger partial charge in [0.25, 0.3) is 0 Å². The van der Waals surface area contributed by atoms with Gasteiger partial charge in [-0.25, -0.2) is 18.9 Å². The average molecular weight is 282 g/mol. The molecule has 21 heavy (non-hydrogen) atoms. The maximum Gasteiger partial charge on any atom is 0.185 e. The molecule has 0 radical (unpaired) electrons. The number of hydrogen-bond acceptors (Lipinski definition) is 4. The Labute approximate surface area is 118 Å². The summed E-state index contributed by atoms with van der Waals surface area (Å²) in [7, 11) is 1.86. The third-order valence-electron chi connectivity index (χ3n) is 3.63. The molecule has 4 rings (SSSR count). The van der Waals surface area contributed by atoms with Gasteiger partial charge in [0.2, 0.25) is 0 Å². The molecule has 0 fully saturated rings. The lowest BCUT2D eigenvalue weighted by molar-refractivity contribution is 0.636. The molecule has 0 saturated carbocycles. The van der Waals surface area contributed by atoms with Crippen LogP contribution in [0.15, 0.2) is 30.7 Å². The molecular weight excluding hydrogens is 271 g/mol. The molecule has 3 heterocycles. The summed E-state index contributed by atoms with van der Waals surface area (Å²) in [5.74, 6) is 0.191. The van der Waals surface area contributed by atoms with Crippen LogP contribution in [0.3, 0.4) is 0 Å². The molecule has 1 aromatic carbocycles. The van der Waals surface area contributed by atoms with E-state index in [0.717, 1.165) is 11.3 Å². The molecule has 0 N–H and O–H groups in total. The Morgan fingerprint density at radius 1 is 1.24 bits per heavy atom. The number of hydrogen-bond donors (Lipinski definition) is 0. The Balaban J connectivity index is 2.04. The molecule has 0 spiro atoms. The predicted molar refractivity (Wildman–Crippen MR) is 75.2 cm³/mol. The van der Waals surface area contributed by atoms with E-state index in [4.69, 9.17) is 0 Å². The van der Waals surface area contributed by atoms with Crippen molar-refractivity contribution in [2.24, 2.45) is 7.05 Å². The van der Waals surface area contributed by atoms with Gasteiger partial charge in [0.1, 0.15) is 17.7 Å². The van der Waals surface area contributed by atoms with Gasteiger partial charge in [0, 0.05) is 18.1 Å². The number of aromatic nitrogens is 6. The van der Waals surface area contributed by atoms with Gasteiger partial charge in [-0.2, -0.15) is 5.10 Å². The summed E-state index contributed by atoms with van der Waals surface area (Å²) in [4.78, 5) is 8.63. The fraction of sp³-hybridized carbons (Fsp3) is 0.143. The molecule has 0 saturated heterocycles. The molecule has 6 nitrogen and oxygen atoms in total. The number of rotatable bonds is 1. The van der Waals surface area contributed by atoms with Gasteiger partial charge in [-0.1, -0.05) is 6.07 Å². The highest BCUT2D eigenvalue weighted by Gasteiger charge is 2.15. The first-order chi connectivity index (χ1) is 10.1. The quantitative estimate of drug-likeness (QED) is 0.536. The highest BCUT2D eigenvalue weighted by molar-refractivity contribution is 5.91. The van der Waals surface area contributed by atoms with Crippen molar-refractivity contribution in [3.05, 3.63) is 42.2 Å². The van der Waals surface area contributed by atoms with E-state index in [1.54, 1.807) is 27.5 Å². The fourth-order valence-corrected chi connectivity index (χ4v) is 2.36. The molecular formula is C14H11FN6. The zero-order chi connectivity index (χ0) is 14.6. The van der Waals surface area contributed by atoms with E-state index in [1.165, 1.54) is 12.4 Å². The van der Waals surface area contributed by atoms with Crippen molar-refractivity contribution in [2.45, 2.75) is 6.92 Å². The molecule has 0 atom stereocenters. The number of benzene rings is 1. The van der Waals surface area contributed by atoms with Gasteiger partial charge < -0.3 is 0 Å². The van der Waals surface area contributed by atoms with Crippen LogP contribution in [-0.2, 0) is 7.05 Å². The van der Waals surface area contributed by atoms with Crippen molar-refractivity contribution in [1.29, 1.82) is 0 Å². The first-order valence-corrected chi connectivity index (χ1v) is 6.44. The lowest BCUT2D eigenvalue weighted by Crippen LogP contribution is -1.93. The van der Waals surface area contributed by atoms with Gasteiger partial charge in [-0.05, 0) is 19.1 Å². The van der Waals surface area contributed by atoms with E-state index < -0.39 is 0 Å². The van der Waals surface area contributed by atoms with Crippen LogP contribution in [0.25, 0.3) is 27.9 Å². The van der Waals surface area contributed by atoms with Crippen LogP contribution < -0.4 is 0 Å². The summed E-state index contributed by atoms with van der Waals surface area (Å²) in [6, 6.07) is 4.81. The molecule has 0 aliphatic rings. The van der Waals surface area contributed by atoms with Gasteiger partial charge in [0.15, 0.2) is 11.5 Å². The molecule has 0 unspecified atom stereocenters. The molecule has 104 valence electrons. The van der Waals surface area contributed by atoms with Crippen LogP contribution in [0, 0.1) is 12.7 Å². The standard InChI is InChI=1S/C14H11FN6/c1-8-10(6-17-20(8)2)13-18-14-9-4-3-5-11(15)12(9)16-7-21(14)19-13/h3-7H,1-2H3. The normalized spacial score (nSPS) is 11.6. The summed E-state index contributed by atoms with van der Waals surface area (Å²) in [5, 5.41) is 9.23. The monoisotopic (exact) mass is 282 g/mol. The van der Waals surface area contributed by atoms with E-state index in [-0.39, 0.29) is 5.82 Å². The molecule has 4 aromatic rings. The molecule has 7 heteroatoms. The number of aryl methyl sites for hydroxylation is 1. The Morgan fingerprint density at radius 3 is 2.86 bits per heavy atom. The van der Waals surface area contributed by atoms with Gasteiger partial charge in [-0.3, -0.25) is 4.68 Å². The van der Waals surface area contributed by atoms with Crippen molar-refractivity contribution in [2.75, 3.05) is 0 Å². The van der Waals surface area contributed by atoms with Crippen LogP contribution in [-0.4, -0.2) is 29.4 Å². The number of para-hydroxylation sites is 1. The van der Waals surface area contributed by atoms with Crippen molar-refractivity contribution in [3.63, 3.8) is 0 Å². The van der Waals surface area contributed by atoms with E-state index in [9.17, 15) is 4.39 Å². The zero-order valence-electron chi connectivity index (χ0n) is 11.4. The van der Waals surface area contributed by atoms with E-state index in [2.05, 4.69) is 20.2 Å². The lowest BCUT2D eigenvalue weighted by Gasteiger charge is -1.98. The average Bonchev–Trinajstić information content (AvgIpc) is 3.04. The maximum absolute atomic E-state index is 13.8. The SMILES string of the molecule is Cc1c(-c2nc3c4cccc(F)c4ncn3n2)cnn1C. The van der Waals surface area contributed by atoms with Crippen LogP contribution in [0.2, 0.25) is 0 Å². The summed E-state index contributed by atoms with van der Waals surface area (Å²) in [6.45, 7) is 1.95.